The Hall–Kier alpha value is -1.000. The van der Waals surface area contributed by atoms with Crippen molar-refractivity contribution in [2.75, 3.05) is 10.6 Å². The van der Waals surface area contributed by atoms with Crippen molar-refractivity contribution >= 4 is 45.7 Å². The van der Waals surface area contributed by atoms with Gasteiger partial charge in [-0.25, -0.2) is 0 Å². The second-order valence-corrected chi connectivity index (χ2v) is 9.19. The SMILES string of the molecule is CC(C)C1Nc2ccc3c4c(ccc(c24)S1)NC(C(C)C)S3. The lowest BCUT2D eigenvalue weighted by atomic mass is 10.0. The van der Waals surface area contributed by atoms with Crippen LogP contribution in [0.2, 0.25) is 0 Å². The van der Waals surface area contributed by atoms with Crippen molar-refractivity contribution in [3.05, 3.63) is 24.3 Å². The third-order valence-electron chi connectivity index (χ3n) is 4.40. The van der Waals surface area contributed by atoms with Crippen LogP contribution in [0.3, 0.4) is 0 Å². The van der Waals surface area contributed by atoms with E-state index in [0.717, 1.165) is 0 Å². The van der Waals surface area contributed by atoms with E-state index in [4.69, 9.17) is 0 Å². The molecule has 2 nitrogen and oxygen atoms in total. The first-order chi connectivity index (χ1) is 10.5. The molecule has 2 N–H and O–H groups in total. The molecule has 116 valence electrons. The van der Waals surface area contributed by atoms with Gasteiger partial charge < -0.3 is 10.6 Å². The zero-order valence-electron chi connectivity index (χ0n) is 13.4. The largest absolute Gasteiger partial charge is 0.372 e. The molecular formula is C18H22N2S2. The minimum atomic E-state index is 0.458. The van der Waals surface area contributed by atoms with Crippen LogP contribution >= 0.6 is 23.5 Å². The van der Waals surface area contributed by atoms with Gasteiger partial charge in [-0.15, -0.1) is 23.5 Å². The van der Waals surface area contributed by atoms with Gasteiger partial charge >= 0.3 is 0 Å². The molecule has 2 aliphatic rings. The van der Waals surface area contributed by atoms with Gasteiger partial charge in [0, 0.05) is 31.9 Å². The molecular weight excluding hydrogens is 308 g/mol. The lowest BCUT2D eigenvalue weighted by Crippen LogP contribution is -2.26. The molecule has 0 bridgehead atoms. The van der Waals surface area contributed by atoms with Crippen molar-refractivity contribution in [2.45, 2.75) is 48.2 Å². The van der Waals surface area contributed by atoms with Gasteiger partial charge in [-0.05, 0) is 36.1 Å². The average Bonchev–Trinajstić information content (AvgIpc) is 2.51. The molecule has 2 aromatic rings. The van der Waals surface area contributed by atoms with Crippen LogP contribution in [-0.4, -0.2) is 10.7 Å². The molecule has 2 unspecified atom stereocenters. The molecule has 0 aromatic heterocycles. The minimum absolute atomic E-state index is 0.458. The lowest BCUT2D eigenvalue weighted by molar-refractivity contribution is 0.648. The van der Waals surface area contributed by atoms with Gasteiger partial charge in [-0.2, -0.15) is 0 Å². The van der Waals surface area contributed by atoms with Crippen molar-refractivity contribution in [1.29, 1.82) is 0 Å². The summed E-state index contributed by atoms with van der Waals surface area (Å²) in [5.41, 5.74) is 2.58. The third kappa shape index (κ3) is 2.19. The first-order valence-corrected chi connectivity index (χ1v) is 9.76. The Morgan fingerprint density at radius 1 is 0.727 bits per heavy atom. The van der Waals surface area contributed by atoms with E-state index in [2.05, 4.69) is 62.6 Å². The van der Waals surface area contributed by atoms with Gasteiger partial charge in [0.2, 0.25) is 0 Å². The Bertz CT molecular complexity index is 626. The normalized spacial score (nSPS) is 22.8. The molecule has 0 aliphatic carbocycles. The summed E-state index contributed by atoms with van der Waals surface area (Å²) in [5.74, 6) is 1.22. The van der Waals surface area contributed by atoms with E-state index in [1.807, 2.05) is 23.5 Å². The molecule has 4 heteroatoms. The number of thioether (sulfide) groups is 2. The second-order valence-electron chi connectivity index (χ2n) is 6.83. The van der Waals surface area contributed by atoms with Gasteiger partial charge in [0.05, 0.1) is 10.7 Å². The summed E-state index contributed by atoms with van der Waals surface area (Å²) in [6.45, 7) is 9.12. The number of hydrogen-bond donors (Lipinski definition) is 2. The fourth-order valence-electron chi connectivity index (χ4n) is 3.11. The molecule has 0 amide bonds. The third-order valence-corrected chi connectivity index (χ3v) is 7.42. The summed E-state index contributed by atoms with van der Waals surface area (Å²) in [4.78, 5) is 2.83. The van der Waals surface area contributed by atoms with Crippen molar-refractivity contribution in [2.24, 2.45) is 11.8 Å². The molecule has 0 saturated heterocycles. The summed E-state index contributed by atoms with van der Waals surface area (Å²) < 4.78 is 0. The van der Waals surface area contributed by atoms with Gasteiger partial charge in [0.1, 0.15) is 0 Å². The molecule has 2 atom stereocenters. The smallest absolute Gasteiger partial charge is 0.0792 e. The standard InChI is InChI=1S/C18H22N2S2/c1-9(2)17-19-11-5-8-14-16-12(20-18(22-14)10(3)4)6-7-13(21-17)15(11)16/h5-10,17-20H,1-4H3. The van der Waals surface area contributed by atoms with Crippen LogP contribution < -0.4 is 10.6 Å². The van der Waals surface area contributed by atoms with E-state index < -0.39 is 0 Å². The average molecular weight is 331 g/mol. The lowest BCUT2D eigenvalue weighted by Gasteiger charge is -2.34. The molecule has 2 aromatic carbocycles. The van der Waals surface area contributed by atoms with E-state index >= 15 is 0 Å². The first-order valence-electron chi connectivity index (χ1n) is 8.00. The fourth-order valence-corrected chi connectivity index (χ4v) is 5.53. The Balaban J connectivity index is 1.87. The van der Waals surface area contributed by atoms with Crippen LogP contribution in [0, 0.1) is 11.8 Å². The van der Waals surface area contributed by atoms with Crippen LogP contribution in [0.15, 0.2) is 34.1 Å². The number of benzene rings is 2. The van der Waals surface area contributed by atoms with E-state index in [9.17, 15) is 0 Å². The molecule has 0 saturated carbocycles. The highest BCUT2D eigenvalue weighted by Crippen LogP contribution is 2.50. The Morgan fingerprint density at radius 3 is 1.50 bits per heavy atom. The highest BCUT2D eigenvalue weighted by atomic mass is 32.2. The summed E-state index contributed by atoms with van der Waals surface area (Å²) >= 11 is 3.94. The summed E-state index contributed by atoms with van der Waals surface area (Å²) in [5, 5.41) is 11.2. The summed E-state index contributed by atoms with van der Waals surface area (Å²) in [6, 6.07) is 9.14. The zero-order valence-corrected chi connectivity index (χ0v) is 15.1. The van der Waals surface area contributed by atoms with Gasteiger partial charge in [0.15, 0.2) is 0 Å². The van der Waals surface area contributed by atoms with Gasteiger partial charge in [0.25, 0.3) is 0 Å². The maximum atomic E-state index is 3.72. The molecule has 2 aliphatic heterocycles. The maximum Gasteiger partial charge on any atom is 0.0792 e. The molecule has 2 heterocycles. The molecule has 4 rings (SSSR count). The monoisotopic (exact) mass is 330 g/mol. The molecule has 22 heavy (non-hydrogen) atoms. The number of rotatable bonds is 2. The van der Waals surface area contributed by atoms with Crippen molar-refractivity contribution in [3.63, 3.8) is 0 Å². The summed E-state index contributed by atoms with van der Waals surface area (Å²) in [6.07, 6.45) is 0. The number of anilines is 2. The first kappa shape index (κ1) is 14.6. The topological polar surface area (TPSA) is 24.1 Å². The van der Waals surface area contributed by atoms with Crippen LogP contribution in [0.25, 0.3) is 10.8 Å². The van der Waals surface area contributed by atoms with Crippen molar-refractivity contribution in [3.8, 4) is 0 Å². The molecule has 0 fully saturated rings. The van der Waals surface area contributed by atoms with Crippen LogP contribution in [0.5, 0.6) is 0 Å². The van der Waals surface area contributed by atoms with E-state index in [-0.39, 0.29) is 0 Å². The fraction of sp³-hybridized carbons (Fsp3) is 0.444. The maximum absolute atomic E-state index is 3.72. The highest BCUT2D eigenvalue weighted by Gasteiger charge is 2.29. The van der Waals surface area contributed by atoms with E-state index in [0.29, 0.717) is 22.6 Å². The predicted molar refractivity (Wildman–Crippen MR) is 100 cm³/mol. The quantitative estimate of drug-likeness (QED) is 0.722. The summed E-state index contributed by atoms with van der Waals surface area (Å²) in [7, 11) is 0. The van der Waals surface area contributed by atoms with Crippen molar-refractivity contribution < 1.29 is 0 Å². The van der Waals surface area contributed by atoms with Crippen LogP contribution in [0.1, 0.15) is 27.7 Å². The Labute approximate surface area is 140 Å². The highest BCUT2D eigenvalue weighted by molar-refractivity contribution is 8.00. The Morgan fingerprint density at radius 2 is 1.14 bits per heavy atom. The van der Waals surface area contributed by atoms with E-state index in [1.54, 1.807) is 0 Å². The van der Waals surface area contributed by atoms with Gasteiger partial charge in [-0.3, -0.25) is 0 Å². The number of nitrogens with one attached hydrogen (secondary N) is 2. The zero-order chi connectivity index (χ0) is 15.4. The van der Waals surface area contributed by atoms with Crippen LogP contribution in [0.4, 0.5) is 11.4 Å². The van der Waals surface area contributed by atoms with Gasteiger partial charge in [-0.1, -0.05) is 27.7 Å². The van der Waals surface area contributed by atoms with Crippen molar-refractivity contribution in [1.82, 2.24) is 0 Å². The minimum Gasteiger partial charge on any atom is -0.372 e. The predicted octanol–water partition coefficient (Wildman–Crippen LogP) is 5.84. The molecule has 0 spiro atoms. The number of hydrogen-bond acceptors (Lipinski definition) is 4. The molecule has 0 radical (unpaired) electrons. The second kappa shape index (κ2) is 5.27. The van der Waals surface area contributed by atoms with E-state index in [1.165, 1.54) is 31.9 Å². The van der Waals surface area contributed by atoms with Crippen LogP contribution in [-0.2, 0) is 0 Å². The Kier molecular flexibility index (Phi) is 3.50.